The van der Waals surface area contributed by atoms with Gasteiger partial charge in [-0.3, -0.25) is 14.9 Å². The molecule has 4 rings (SSSR count). The van der Waals surface area contributed by atoms with Gasteiger partial charge < -0.3 is 9.47 Å². The molecule has 38 heavy (non-hydrogen) atoms. The van der Waals surface area contributed by atoms with E-state index in [9.17, 15) is 19.3 Å². The molecule has 0 saturated carbocycles. The largest absolute Gasteiger partial charge is 0.493 e. The molecule has 0 unspecified atom stereocenters. The van der Waals surface area contributed by atoms with Gasteiger partial charge in [0.15, 0.2) is 5.75 Å². The van der Waals surface area contributed by atoms with Gasteiger partial charge in [-0.15, -0.1) is 0 Å². The minimum atomic E-state index is -0.623. The Bertz CT molecular complexity index is 1600. The molecule has 196 valence electrons. The lowest BCUT2D eigenvalue weighted by Crippen LogP contribution is -2.23. The fourth-order valence-electron chi connectivity index (χ4n) is 3.78. The highest BCUT2D eigenvalue weighted by molar-refractivity contribution is 9.10. The van der Waals surface area contributed by atoms with Crippen molar-refractivity contribution in [1.29, 1.82) is 0 Å². The van der Waals surface area contributed by atoms with Gasteiger partial charge in [-0.25, -0.2) is 9.37 Å². The Kier molecular flexibility index (Phi) is 8.16. The normalized spacial score (nSPS) is 12.1. The summed E-state index contributed by atoms with van der Waals surface area (Å²) in [5, 5.41) is 16.6. The fourth-order valence-corrected chi connectivity index (χ4v) is 4.15. The molecule has 0 bridgehead atoms. The maximum absolute atomic E-state index is 14.0. The van der Waals surface area contributed by atoms with Gasteiger partial charge >= 0.3 is 5.69 Å². The average molecular weight is 583 g/mol. The number of halogens is 2. The Labute approximate surface area is 225 Å². The summed E-state index contributed by atoms with van der Waals surface area (Å²) in [5.74, 6) is -0.183. The zero-order valence-electron chi connectivity index (χ0n) is 20.9. The average Bonchev–Trinajstić information content (AvgIpc) is 2.91. The van der Waals surface area contributed by atoms with Crippen molar-refractivity contribution in [3.8, 4) is 11.5 Å². The van der Waals surface area contributed by atoms with E-state index in [1.54, 1.807) is 18.2 Å². The molecule has 1 atom stereocenters. The van der Waals surface area contributed by atoms with E-state index < -0.39 is 16.4 Å². The smallest absolute Gasteiger partial charge is 0.315 e. The molecule has 0 aliphatic heterocycles. The van der Waals surface area contributed by atoms with Crippen LogP contribution in [0.4, 0.5) is 10.1 Å². The second kappa shape index (κ2) is 11.5. The number of fused-ring (bicyclic) bond motifs is 1. The van der Waals surface area contributed by atoms with Gasteiger partial charge in [0.1, 0.15) is 18.2 Å². The quantitative estimate of drug-likeness (QED) is 0.132. The molecular formula is C27H24BrFN4O5. The number of hydrogen-bond acceptors (Lipinski definition) is 7. The van der Waals surface area contributed by atoms with Crippen LogP contribution in [0.25, 0.3) is 10.9 Å². The molecule has 1 aromatic heterocycles. The van der Waals surface area contributed by atoms with Gasteiger partial charge in [0, 0.05) is 27.6 Å². The van der Waals surface area contributed by atoms with Gasteiger partial charge in [-0.1, -0.05) is 48.0 Å². The van der Waals surface area contributed by atoms with Crippen LogP contribution in [-0.2, 0) is 6.61 Å². The second-order valence-corrected chi connectivity index (χ2v) is 9.43. The molecule has 3 aromatic carbocycles. The molecular weight excluding hydrogens is 559 g/mol. The molecule has 9 nitrogen and oxygen atoms in total. The summed E-state index contributed by atoms with van der Waals surface area (Å²) >= 11 is 3.38. The minimum absolute atomic E-state index is 0.0621. The number of nitro benzene ring substituents is 1. The molecule has 0 aliphatic carbocycles. The maximum atomic E-state index is 14.0. The third-order valence-corrected chi connectivity index (χ3v) is 6.51. The molecule has 0 aliphatic rings. The number of rotatable bonds is 9. The van der Waals surface area contributed by atoms with Crippen molar-refractivity contribution in [3.05, 3.63) is 102 Å². The third-order valence-electron chi connectivity index (χ3n) is 6.01. The zero-order chi connectivity index (χ0) is 27.4. The second-order valence-electron chi connectivity index (χ2n) is 8.51. The molecule has 0 spiro atoms. The molecule has 0 N–H and O–H groups in total. The monoisotopic (exact) mass is 582 g/mol. The molecule has 0 amide bonds. The first kappa shape index (κ1) is 26.9. The van der Waals surface area contributed by atoms with Crippen LogP contribution < -0.4 is 15.0 Å². The van der Waals surface area contributed by atoms with E-state index in [-0.39, 0.29) is 35.1 Å². The number of nitro groups is 1. The van der Waals surface area contributed by atoms with Crippen LogP contribution in [0.3, 0.4) is 0 Å². The fraction of sp³-hybridized carbons (Fsp3) is 0.222. The maximum Gasteiger partial charge on any atom is 0.315 e. The number of hydrogen-bond donors (Lipinski definition) is 0. The van der Waals surface area contributed by atoms with Crippen LogP contribution in [0.2, 0.25) is 0 Å². The van der Waals surface area contributed by atoms with Crippen molar-refractivity contribution in [2.75, 3.05) is 7.11 Å². The lowest BCUT2D eigenvalue weighted by Gasteiger charge is -2.14. The van der Waals surface area contributed by atoms with Gasteiger partial charge in [0.2, 0.25) is 5.75 Å². The molecule has 0 saturated heterocycles. The Morgan fingerprint density at radius 1 is 1.24 bits per heavy atom. The Morgan fingerprint density at radius 2 is 2.00 bits per heavy atom. The molecule has 0 fully saturated rings. The Balaban J connectivity index is 1.78. The first-order chi connectivity index (χ1) is 18.2. The molecule has 1 heterocycles. The highest BCUT2D eigenvalue weighted by atomic mass is 79.9. The lowest BCUT2D eigenvalue weighted by molar-refractivity contribution is -0.386. The lowest BCUT2D eigenvalue weighted by atomic mass is 10.1. The van der Waals surface area contributed by atoms with Crippen molar-refractivity contribution < 1.29 is 18.8 Å². The molecule has 11 heteroatoms. The summed E-state index contributed by atoms with van der Waals surface area (Å²) in [4.78, 5) is 29.3. The Hall–Kier alpha value is -4.12. The van der Waals surface area contributed by atoms with E-state index in [2.05, 4.69) is 26.0 Å². The number of aromatic nitrogens is 2. The van der Waals surface area contributed by atoms with Crippen LogP contribution in [0, 0.1) is 15.9 Å². The van der Waals surface area contributed by atoms with Crippen LogP contribution in [0.15, 0.2) is 69.0 Å². The summed E-state index contributed by atoms with van der Waals surface area (Å²) in [6, 6.07) is 14.0. The first-order valence-corrected chi connectivity index (χ1v) is 12.5. The predicted molar refractivity (Wildman–Crippen MR) is 146 cm³/mol. The minimum Gasteiger partial charge on any atom is -0.493 e. The molecule has 4 aromatic rings. The van der Waals surface area contributed by atoms with Crippen molar-refractivity contribution >= 4 is 38.7 Å². The van der Waals surface area contributed by atoms with E-state index in [0.29, 0.717) is 22.3 Å². The summed E-state index contributed by atoms with van der Waals surface area (Å²) in [7, 11) is 1.34. The summed E-state index contributed by atoms with van der Waals surface area (Å²) in [6.45, 7) is 3.68. The van der Waals surface area contributed by atoms with E-state index in [1.165, 1.54) is 48.3 Å². The van der Waals surface area contributed by atoms with E-state index in [1.807, 2.05) is 19.9 Å². The number of benzene rings is 3. The number of methoxy groups -OCH3 is 1. The summed E-state index contributed by atoms with van der Waals surface area (Å²) in [6.07, 6.45) is 2.05. The van der Waals surface area contributed by atoms with Gasteiger partial charge in [-0.05, 0) is 36.8 Å². The van der Waals surface area contributed by atoms with Crippen LogP contribution in [0.5, 0.6) is 11.5 Å². The van der Waals surface area contributed by atoms with E-state index in [4.69, 9.17) is 9.47 Å². The van der Waals surface area contributed by atoms with E-state index >= 15 is 0 Å². The first-order valence-electron chi connectivity index (χ1n) is 11.7. The van der Waals surface area contributed by atoms with E-state index in [0.717, 1.165) is 10.9 Å². The standard InChI is InChI=1S/C27H24BrFN4O5/c1-4-16(2)26-31-22-10-9-19(28)13-20(22)27(34)32(26)30-14-17-11-23(33(35)36)25(24(12-17)37-3)38-15-18-7-5-6-8-21(18)29/h5-14,16H,4,15H2,1-3H3/t16-/m1/s1. The highest BCUT2D eigenvalue weighted by Gasteiger charge is 2.23. The summed E-state index contributed by atoms with van der Waals surface area (Å²) < 4.78 is 26.9. The SMILES string of the molecule is CC[C@@H](C)c1nc2ccc(Br)cc2c(=O)n1N=Cc1cc(OC)c(OCc2ccccc2F)c([N+](=O)[O-])c1. The summed E-state index contributed by atoms with van der Waals surface area (Å²) in [5.41, 5.74) is 0.324. The predicted octanol–water partition coefficient (Wildman–Crippen LogP) is 6.19. The van der Waals surface area contributed by atoms with Crippen molar-refractivity contribution in [3.63, 3.8) is 0 Å². The van der Waals surface area contributed by atoms with Gasteiger partial charge in [0.05, 0.1) is 29.2 Å². The topological polar surface area (TPSA) is 109 Å². The van der Waals surface area contributed by atoms with Gasteiger partial charge in [0.25, 0.3) is 5.56 Å². The van der Waals surface area contributed by atoms with Crippen molar-refractivity contribution in [1.82, 2.24) is 9.66 Å². The van der Waals surface area contributed by atoms with Crippen LogP contribution in [-0.4, -0.2) is 27.9 Å². The van der Waals surface area contributed by atoms with Crippen molar-refractivity contribution in [2.24, 2.45) is 5.10 Å². The molecule has 0 radical (unpaired) electrons. The third kappa shape index (κ3) is 5.57. The Morgan fingerprint density at radius 3 is 2.68 bits per heavy atom. The number of nitrogens with zero attached hydrogens (tertiary/aromatic N) is 4. The zero-order valence-corrected chi connectivity index (χ0v) is 22.4. The van der Waals surface area contributed by atoms with Gasteiger partial charge in [-0.2, -0.15) is 9.78 Å². The van der Waals surface area contributed by atoms with Crippen molar-refractivity contribution in [2.45, 2.75) is 32.8 Å². The van der Waals surface area contributed by atoms with Crippen LogP contribution >= 0.6 is 15.9 Å². The highest BCUT2D eigenvalue weighted by Crippen LogP contribution is 2.38. The number of ether oxygens (including phenoxy) is 2. The van der Waals surface area contributed by atoms with Crippen LogP contribution in [0.1, 0.15) is 43.1 Å².